The zero-order valence-corrected chi connectivity index (χ0v) is 11.6. The molecule has 0 aliphatic rings. The standard InChI is InChI=1S/C16H18N2O2/c1-12-7-9-13(10-8-12)18-16(19)11-17-14-5-3-4-6-15(14)20-2/h3-10,17H,11H2,1-2H3,(H,18,19). The second-order valence-electron chi connectivity index (χ2n) is 4.47. The average Bonchev–Trinajstić information content (AvgIpc) is 2.48. The summed E-state index contributed by atoms with van der Waals surface area (Å²) in [7, 11) is 1.60. The van der Waals surface area contributed by atoms with Crippen molar-refractivity contribution < 1.29 is 9.53 Å². The molecule has 2 rings (SSSR count). The Kier molecular flexibility index (Phi) is 4.60. The van der Waals surface area contributed by atoms with Gasteiger partial charge in [0.2, 0.25) is 5.91 Å². The molecule has 0 atom stereocenters. The second-order valence-corrected chi connectivity index (χ2v) is 4.47. The highest BCUT2D eigenvalue weighted by molar-refractivity contribution is 5.93. The highest BCUT2D eigenvalue weighted by Crippen LogP contribution is 2.22. The number of hydrogen-bond donors (Lipinski definition) is 2. The fraction of sp³-hybridized carbons (Fsp3) is 0.188. The summed E-state index contributed by atoms with van der Waals surface area (Å²) in [5.41, 5.74) is 2.76. The molecule has 0 saturated heterocycles. The number of anilines is 2. The molecule has 20 heavy (non-hydrogen) atoms. The summed E-state index contributed by atoms with van der Waals surface area (Å²) in [6.07, 6.45) is 0. The third-order valence-corrected chi connectivity index (χ3v) is 2.88. The molecule has 1 amide bonds. The molecule has 0 spiro atoms. The van der Waals surface area contributed by atoms with Crippen LogP contribution in [0.2, 0.25) is 0 Å². The SMILES string of the molecule is COc1ccccc1NCC(=O)Nc1ccc(C)cc1. The first-order chi connectivity index (χ1) is 9.69. The van der Waals surface area contributed by atoms with Crippen LogP contribution in [-0.4, -0.2) is 19.6 Å². The number of ether oxygens (including phenoxy) is 1. The number of para-hydroxylation sites is 2. The van der Waals surface area contributed by atoms with Gasteiger partial charge in [0.1, 0.15) is 5.75 Å². The minimum absolute atomic E-state index is 0.0974. The number of rotatable bonds is 5. The van der Waals surface area contributed by atoms with Gasteiger partial charge >= 0.3 is 0 Å². The summed E-state index contributed by atoms with van der Waals surface area (Å²) in [6.45, 7) is 2.20. The highest BCUT2D eigenvalue weighted by Gasteiger charge is 2.05. The van der Waals surface area contributed by atoms with Crippen LogP contribution in [0.3, 0.4) is 0 Å². The first kappa shape index (κ1) is 13.9. The lowest BCUT2D eigenvalue weighted by molar-refractivity contribution is -0.114. The number of nitrogens with one attached hydrogen (secondary N) is 2. The molecule has 0 unspecified atom stereocenters. The first-order valence-corrected chi connectivity index (χ1v) is 6.42. The Morgan fingerprint density at radius 1 is 1.10 bits per heavy atom. The quantitative estimate of drug-likeness (QED) is 0.878. The molecule has 4 nitrogen and oxygen atoms in total. The summed E-state index contributed by atoms with van der Waals surface area (Å²) < 4.78 is 5.21. The van der Waals surface area contributed by atoms with E-state index in [-0.39, 0.29) is 12.5 Å². The molecule has 0 heterocycles. The largest absolute Gasteiger partial charge is 0.495 e. The number of benzene rings is 2. The Morgan fingerprint density at radius 3 is 2.50 bits per heavy atom. The van der Waals surface area contributed by atoms with Crippen LogP contribution in [0.1, 0.15) is 5.56 Å². The van der Waals surface area contributed by atoms with Crippen molar-refractivity contribution in [1.82, 2.24) is 0 Å². The van der Waals surface area contributed by atoms with E-state index < -0.39 is 0 Å². The van der Waals surface area contributed by atoms with E-state index in [2.05, 4.69) is 10.6 Å². The van der Waals surface area contributed by atoms with Crippen molar-refractivity contribution in [3.63, 3.8) is 0 Å². The first-order valence-electron chi connectivity index (χ1n) is 6.42. The van der Waals surface area contributed by atoms with Gasteiger partial charge < -0.3 is 15.4 Å². The minimum atomic E-state index is -0.0974. The number of carbonyl (C=O) groups excluding carboxylic acids is 1. The molecule has 2 aromatic carbocycles. The lowest BCUT2D eigenvalue weighted by atomic mass is 10.2. The Balaban J connectivity index is 1.90. The topological polar surface area (TPSA) is 50.4 Å². The van der Waals surface area contributed by atoms with E-state index in [1.807, 2.05) is 55.5 Å². The smallest absolute Gasteiger partial charge is 0.243 e. The number of hydrogen-bond acceptors (Lipinski definition) is 3. The molecule has 0 aromatic heterocycles. The maximum absolute atomic E-state index is 11.9. The van der Waals surface area contributed by atoms with Crippen LogP contribution in [0.4, 0.5) is 11.4 Å². The molecule has 104 valence electrons. The fourth-order valence-corrected chi connectivity index (χ4v) is 1.81. The number of aryl methyl sites for hydroxylation is 1. The van der Waals surface area contributed by atoms with Gasteiger partial charge in [-0.05, 0) is 31.2 Å². The van der Waals surface area contributed by atoms with Crippen LogP contribution in [-0.2, 0) is 4.79 Å². The molecule has 0 radical (unpaired) electrons. The number of carbonyl (C=O) groups is 1. The highest BCUT2D eigenvalue weighted by atomic mass is 16.5. The van der Waals surface area contributed by atoms with Gasteiger partial charge in [0.15, 0.2) is 0 Å². The van der Waals surface area contributed by atoms with Crippen LogP contribution in [0.5, 0.6) is 5.75 Å². The van der Waals surface area contributed by atoms with Crippen molar-refractivity contribution in [2.24, 2.45) is 0 Å². The molecule has 0 fully saturated rings. The van der Waals surface area contributed by atoms with Crippen LogP contribution in [0, 0.1) is 6.92 Å². The number of amides is 1. The fourth-order valence-electron chi connectivity index (χ4n) is 1.81. The van der Waals surface area contributed by atoms with E-state index in [0.717, 1.165) is 22.7 Å². The van der Waals surface area contributed by atoms with Gasteiger partial charge in [-0.2, -0.15) is 0 Å². The molecule has 0 bridgehead atoms. The van der Waals surface area contributed by atoms with Gasteiger partial charge in [0.05, 0.1) is 19.3 Å². The summed E-state index contributed by atoms with van der Waals surface area (Å²) in [6, 6.07) is 15.2. The van der Waals surface area contributed by atoms with E-state index in [9.17, 15) is 4.79 Å². The Bertz CT molecular complexity index is 579. The molecule has 0 aliphatic heterocycles. The Morgan fingerprint density at radius 2 is 1.80 bits per heavy atom. The summed E-state index contributed by atoms with van der Waals surface area (Å²) in [5, 5.41) is 5.89. The summed E-state index contributed by atoms with van der Waals surface area (Å²) in [5.74, 6) is 0.621. The van der Waals surface area contributed by atoms with E-state index >= 15 is 0 Å². The van der Waals surface area contributed by atoms with Crippen molar-refractivity contribution in [3.05, 3.63) is 54.1 Å². The van der Waals surface area contributed by atoms with Gasteiger partial charge in [-0.25, -0.2) is 0 Å². The van der Waals surface area contributed by atoms with E-state index in [0.29, 0.717) is 0 Å². The molecule has 4 heteroatoms. The third-order valence-electron chi connectivity index (χ3n) is 2.88. The summed E-state index contributed by atoms with van der Waals surface area (Å²) >= 11 is 0. The van der Waals surface area contributed by atoms with Gasteiger partial charge in [-0.3, -0.25) is 4.79 Å². The van der Waals surface area contributed by atoms with Crippen molar-refractivity contribution in [2.75, 3.05) is 24.3 Å². The third kappa shape index (κ3) is 3.75. The van der Waals surface area contributed by atoms with Crippen LogP contribution < -0.4 is 15.4 Å². The molecule has 0 saturated carbocycles. The van der Waals surface area contributed by atoms with Crippen molar-refractivity contribution >= 4 is 17.3 Å². The van der Waals surface area contributed by atoms with Crippen LogP contribution in [0.25, 0.3) is 0 Å². The second kappa shape index (κ2) is 6.61. The molecule has 0 aliphatic carbocycles. The van der Waals surface area contributed by atoms with E-state index in [1.165, 1.54) is 0 Å². The van der Waals surface area contributed by atoms with Gasteiger partial charge in [0, 0.05) is 5.69 Å². The average molecular weight is 270 g/mol. The Hall–Kier alpha value is -2.49. The summed E-state index contributed by atoms with van der Waals surface area (Å²) in [4.78, 5) is 11.9. The molecular weight excluding hydrogens is 252 g/mol. The van der Waals surface area contributed by atoms with Crippen molar-refractivity contribution in [1.29, 1.82) is 0 Å². The Labute approximate surface area is 118 Å². The maximum Gasteiger partial charge on any atom is 0.243 e. The molecule has 2 N–H and O–H groups in total. The monoisotopic (exact) mass is 270 g/mol. The van der Waals surface area contributed by atoms with Crippen LogP contribution >= 0.6 is 0 Å². The lowest BCUT2D eigenvalue weighted by Gasteiger charge is -2.11. The van der Waals surface area contributed by atoms with E-state index in [4.69, 9.17) is 4.74 Å². The van der Waals surface area contributed by atoms with Gasteiger partial charge in [0.25, 0.3) is 0 Å². The van der Waals surface area contributed by atoms with Gasteiger partial charge in [-0.1, -0.05) is 29.8 Å². The zero-order valence-electron chi connectivity index (χ0n) is 11.6. The predicted molar refractivity (Wildman–Crippen MR) is 81.3 cm³/mol. The van der Waals surface area contributed by atoms with Crippen LogP contribution in [0.15, 0.2) is 48.5 Å². The minimum Gasteiger partial charge on any atom is -0.495 e. The van der Waals surface area contributed by atoms with E-state index in [1.54, 1.807) is 7.11 Å². The van der Waals surface area contributed by atoms with Gasteiger partial charge in [-0.15, -0.1) is 0 Å². The van der Waals surface area contributed by atoms with Crippen molar-refractivity contribution in [3.8, 4) is 5.75 Å². The zero-order chi connectivity index (χ0) is 14.4. The lowest BCUT2D eigenvalue weighted by Crippen LogP contribution is -2.21. The van der Waals surface area contributed by atoms with Crippen molar-refractivity contribution in [2.45, 2.75) is 6.92 Å². The maximum atomic E-state index is 11.9. The predicted octanol–water partition coefficient (Wildman–Crippen LogP) is 3.05. The normalized spacial score (nSPS) is 9.90. The number of methoxy groups -OCH3 is 1. The molecule has 2 aromatic rings. The molecular formula is C16H18N2O2.